The quantitative estimate of drug-likeness (QED) is 0.622. The van der Waals surface area contributed by atoms with Crippen LogP contribution in [0.2, 0.25) is 0 Å². The van der Waals surface area contributed by atoms with Crippen molar-refractivity contribution >= 4 is 11.5 Å². The van der Waals surface area contributed by atoms with Crippen molar-refractivity contribution in [3.8, 4) is 5.88 Å². The lowest BCUT2D eigenvalue weighted by Gasteiger charge is -2.31. The Morgan fingerprint density at radius 3 is 2.85 bits per heavy atom. The molecule has 7 nitrogen and oxygen atoms in total. The fourth-order valence-corrected chi connectivity index (χ4v) is 2.44. The van der Waals surface area contributed by atoms with Gasteiger partial charge in [-0.2, -0.15) is 4.98 Å². The first-order valence-corrected chi connectivity index (χ1v) is 6.90. The molecule has 0 radical (unpaired) electrons. The summed E-state index contributed by atoms with van der Waals surface area (Å²) in [5.74, 6) is 0.924. The van der Waals surface area contributed by atoms with Gasteiger partial charge in [0.05, 0.1) is 11.0 Å². The maximum Gasteiger partial charge on any atom is 0.372 e. The normalized spacial score (nSPS) is 19.2. The Morgan fingerprint density at radius 1 is 1.50 bits per heavy atom. The van der Waals surface area contributed by atoms with Gasteiger partial charge in [-0.1, -0.05) is 6.92 Å². The van der Waals surface area contributed by atoms with Crippen molar-refractivity contribution in [2.24, 2.45) is 5.92 Å². The van der Waals surface area contributed by atoms with Gasteiger partial charge in [0.2, 0.25) is 5.82 Å². The first-order chi connectivity index (χ1) is 9.49. The molecule has 2 rings (SSSR count). The molecule has 0 N–H and O–H groups in total. The molecule has 1 aromatic heterocycles. The summed E-state index contributed by atoms with van der Waals surface area (Å²) in [7, 11) is 0. The lowest BCUT2D eigenvalue weighted by molar-refractivity contribution is -0.385. The predicted octanol–water partition coefficient (Wildman–Crippen LogP) is 2.41. The Morgan fingerprint density at radius 2 is 2.25 bits per heavy atom. The summed E-state index contributed by atoms with van der Waals surface area (Å²) in [6.45, 7) is 7.33. The monoisotopic (exact) mass is 280 g/mol. The van der Waals surface area contributed by atoms with Gasteiger partial charge < -0.3 is 9.64 Å². The molecular weight excluding hydrogens is 260 g/mol. The van der Waals surface area contributed by atoms with E-state index in [4.69, 9.17) is 4.74 Å². The topological polar surface area (TPSA) is 81.4 Å². The molecule has 0 bridgehead atoms. The Bertz CT molecular complexity index is 493. The Balaban J connectivity index is 2.38. The molecule has 1 atom stereocenters. The molecule has 0 aromatic carbocycles. The minimum atomic E-state index is -0.452. The number of rotatable bonds is 4. The van der Waals surface area contributed by atoms with Gasteiger partial charge in [-0.15, -0.1) is 0 Å². The van der Waals surface area contributed by atoms with E-state index in [1.54, 1.807) is 0 Å². The van der Waals surface area contributed by atoms with E-state index in [1.165, 1.54) is 6.33 Å². The summed E-state index contributed by atoms with van der Waals surface area (Å²) >= 11 is 0. The van der Waals surface area contributed by atoms with Crippen molar-refractivity contribution in [2.45, 2.75) is 39.7 Å². The average Bonchev–Trinajstić information content (AvgIpc) is 2.37. The van der Waals surface area contributed by atoms with Crippen LogP contribution in [0.4, 0.5) is 11.5 Å². The van der Waals surface area contributed by atoms with Crippen LogP contribution in [-0.2, 0) is 0 Å². The van der Waals surface area contributed by atoms with E-state index >= 15 is 0 Å². The van der Waals surface area contributed by atoms with Crippen molar-refractivity contribution in [1.29, 1.82) is 0 Å². The second-order valence-electron chi connectivity index (χ2n) is 5.47. The lowest BCUT2D eigenvalue weighted by atomic mass is 10.0. The highest BCUT2D eigenvalue weighted by Gasteiger charge is 2.30. The third-order valence-corrected chi connectivity index (χ3v) is 3.26. The second-order valence-corrected chi connectivity index (χ2v) is 5.47. The van der Waals surface area contributed by atoms with Crippen LogP contribution in [0.15, 0.2) is 6.33 Å². The van der Waals surface area contributed by atoms with Crippen LogP contribution in [0.5, 0.6) is 5.88 Å². The smallest absolute Gasteiger partial charge is 0.372 e. The van der Waals surface area contributed by atoms with Gasteiger partial charge in [-0.25, -0.2) is 4.98 Å². The zero-order valence-corrected chi connectivity index (χ0v) is 12.1. The fourth-order valence-electron chi connectivity index (χ4n) is 2.44. The minimum absolute atomic E-state index is 0.0493. The van der Waals surface area contributed by atoms with E-state index in [0.717, 1.165) is 25.9 Å². The van der Waals surface area contributed by atoms with Crippen LogP contribution in [0.1, 0.15) is 33.6 Å². The van der Waals surface area contributed by atoms with Gasteiger partial charge in [0.15, 0.2) is 0 Å². The van der Waals surface area contributed by atoms with Crippen LogP contribution >= 0.6 is 0 Å². The number of aromatic nitrogens is 2. The molecule has 1 aromatic rings. The SMILES string of the molecule is CC1CCCN(c2ncnc(OC(C)C)c2[N+](=O)[O-])C1. The summed E-state index contributed by atoms with van der Waals surface area (Å²) in [6, 6.07) is 0. The minimum Gasteiger partial charge on any atom is -0.470 e. The van der Waals surface area contributed by atoms with Gasteiger partial charge in [-0.3, -0.25) is 10.1 Å². The molecule has 0 saturated carbocycles. The van der Waals surface area contributed by atoms with Crippen molar-refractivity contribution in [3.05, 3.63) is 16.4 Å². The molecule has 110 valence electrons. The highest BCUT2D eigenvalue weighted by atomic mass is 16.6. The second kappa shape index (κ2) is 6.02. The van der Waals surface area contributed by atoms with Gasteiger partial charge in [0.1, 0.15) is 6.33 Å². The number of nitro groups is 1. The van der Waals surface area contributed by atoms with Crippen molar-refractivity contribution in [2.75, 3.05) is 18.0 Å². The highest BCUT2D eigenvalue weighted by molar-refractivity contribution is 5.62. The third-order valence-electron chi connectivity index (χ3n) is 3.26. The zero-order chi connectivity index (χ0) is 14.7. The van der Waals surface area contributed by atoms with Crippen LogP contribution in [0, 0.1) is 16.0 Å². The first kappa shape index (κ1) is 14.5. The third kappa shape index (κ3) is 3.15. The van der Waals surface area contributed by atoms with E-state index in [-0.39, 0.29) is 17.7 Å². The van der Waals surface area contributed by atoms with Crippen LogP contribution in [0.25, 0.3) is 0 Å². The molecule has 0 aliphatic carbocycles. The molecule has 1 saturated heterocycles. The Labute approximate surface area is 118 Å². The predicted molar refractivity (Wildman–Crippen MR) is 75.1 cm³/mol. The molecule has 0 amide bonds. The Hall–Kier alpha value is -1.92. The Kier molecular flexibility index (Phi) is 4.36. The summed E-state index contributed by atoms with van der Waals surface area (Å²) in [5.41, 5.74) is -0.129. The van der Waals surface area contributed by atoms with Crippen molar-refractivity contribution < 1.29 is 9.66 Å². The molecule has 2 heterocycles. The summed E-state index contributed by atoms with van der Waals surface area (Å²) in [6.07, 6.45) is 3.32. The molecule has 1 aliphatic rings. The molecular formula is C13H20N4O3. The average molecular weight is 280 g/mol. The van der Waals surface area contributed by atoms with Crippen molar-refractivity contribution in [1.82, 2.24) is 9.97 Å². The van der Waals surface area contributed by atoms with Crippen LogP contribution < -0.4 is 9.64 Å². The number of piperidine rings is 1. The molecule has 1 unspecified atom stereocenters. The fraction of sp³-hybridized carbons (Fsp3) is 0.692. The van der Waals surface area contributed by atoms with E-state index in [9.17, 15) is 10.1 Å². The van der Waals surface area contributed by atoms with Gasteiger partial charge >= 0.3 is 5.69 Å². The zero-order valence-electron chi connectivity index (χ0n) is 12.1. The van der Waals surface area contributed by atoms with Crippen LogP contribution in [-0.4, -0.2) is 34.1 Å². The van der Waals surface area contributed by atoms with E-state index in [1.807, 2.05) is 18.7 Å². The largest absolute Gasteiger partial charge is 0.470 e. The van der Waals surface area contributed by atoms with Crippen LogP contribution in [0.3, 0.4) is 0 Å². The molecule has 1 aliphatic heterocycles. The number of hydrogen-bond acceptors (Lipinski definition) is 6. The summed E-state index contributed by atoms with van der Waals surface area (Å²) in [5, 5.41) is 11.4. The highest BCUT2D eigenvalue weighted by Crippen LogP contribution is 2.35. The summed E-state index contributed by atoms with van der Waals surface area (Å²) < 4.78 is 5.45. The van der Waals surface area contributed by atoms with Crippen molar-refractivity contribution in [3.63, 3.8) is 0 Å². The first-order valence-electron chi connectivity index (χ1n) is 6.90. The standard InChI is InChI=1S/C13H20N4O3/c1-9(2)20-13-11(17(18)19)12(14-8-15-13)16-6-4-5-10(3)7-16/h8-10H,4-7H2,1-3H3. The number of anilines is 1. The van der Waals surface area contributed by atoms with Gasteiger partial charge in [0.25, 0.3) is 5.88 Å². The number of hydrogen-bond donors (Lipinski definition) is 0. The molecule has 0 spiro atoms. The molecule has 1 fully saturated rings. The number of ether oxygens (including phenoxy) is 1. The molecule has 20 heavy (non-hydrogen) atoms. The van der Waals surface area contributed by atoms with E-state index in [2.05, 4.69) is 16.9 Å². The van der Waals surface area contributed by atoms with E-state index < -0.39 is 4.92 Å². The maximum atomic E-state index is 11.4. The lowest BCUT2D eigenvalue weighted by Crippen LogP contribution is -2.35. The van der Waals surface area contributed by atoms with E-state index in [0.29, 0.717) is 11.7 Å². The number of nitrogens with zero attached hydrogens (tertiary/aromatic N) is 4. The molecule has 7 heteroatoms. The van der Waals surface area contributed by atoms with Gasteiger partial charge in [-0.05, 0) is 32.6 Å². The summed E-state index contributed by atoms with van der Waals surface area (Å²) in [4.78, 5) is 20.9. The van der Waals surface area contributed by atoms with Gasteiger partial charge in [0, 0.05) is 13.1 Å². The maximum absolute atomic E-state index is 11.4.